The number of hydrogen-bond donors (Lipinski definition) is 0. The Bertz CT molecular complexity index is 275. The molecule has 1 aromatic rings. The predicted molar refractivity (Wildman–Crippen MR) is 25.8 cm³/mol. The number of halogens is 2. The molecule has 7 heteroatoms. The van der Waals surface area contributed by atoms with Crippen molar-refractivity contribution in [3.05, 3.63) is 17.8 Å². The fourth-order valence-electron chi connectivity index (χ4n) is 0.563. The molecule has 0 spiro atoms. The van der Waals surface area contributed by atoms with E-state index in [2.05, 4.69) is 9.40 Å². The van der Waals surface area contributed by atoms with Gasteiger partial charge in [-0.3, -0.25) is 0 Å². The molecule has 60 valence electrons. The largest absolute Gasteiger partial charge is 1.00 e. The van der Waals surface area contributed by atoms with E-state index in [0.29, 0.717) is 6.39 Å². The van der Waals surface area contributed by atoms with Gasteiger partial charge in [-0.05, 0) is 0 Å². The van der Waals surface area contributed by atoms with Crippen LogP contribution < -0.4 is 24.0 Å². The summed E-state index contributed by atoms with van der Waals surface area (Å²) in [6.45, 7) is 0. The summed E-state index contributed by atoms with van der Waals surface area (Å²) in [5.41, 5.74) is -0.847. The van der Waals surface area contributed by atoms with Crippen LogP contribution in [-0.4, -0.2) is 11.0 Å². The number of carboxylic acid groups (broad SMARTS) is 1. The van der Waals surface area contributed by atoms with Gasteiger partial charge in [-0.2, -0.15) is 0 Å². The third-order valence-corrected chi connectivity index (χ3v) is 0.986. The van der Waals surface area contributed by atoms with Crippen LogP contribution in [0.3, 0.4) is 0 Å². The van der Waals surface area contributed by atoms with Gasteiger partial charge in [-0.25, -0.2) is 13.8 Å². The second kappa shape index (κ2) is 4.23. The summed E-state index contributed by atoms with van der Waals surface area (Å²) in [5.74, 6) is -2.74. The molecule has 1 rings (SSSR count). The number of carbonyl (C=O) groups excluding carboxylic acids is 1. The molecule has 0 atom stereocenters. The van der Waals surface area contributed by atoms with Crippen LogP contribution in [-0.2, 0) is 0 Å². The quantitative estimate of drug-likeness (QED) is 0.442. The Morgan fingerprint density at radius 3 is 2.58 bits per heavy atom. The zero-order valence-corrected chi connectivity index (χ0v) is 6.08. The van der Waals surface area contributed by atoms with Crippen molar-refractivity contribution in [3.63, 3.8) is 0 Å². The van der Waals surface area contributed by atoms with Crippen LogP contribution in [0.15, 0.2) is 10.8 Å². The minimum atomic E-state index is -2.98. The number of carbonyl (C=O) groups is 1. The summed E-state index contributed by atoms with van der Waals surface area (Å²) < 4.78 is 27.7. The molecule has 0 bridgehead atoms. The van der Waals surface area contributed by atoms with Crippen LogP contribution in [0.5, 0.6) is 0 Å². The SMILES string of the molecule is O=C([O-])c1ncoc1C(F)F.[Li+]. The van der Waals surface area contributed by atoms with Crippen molar-refractivity contribution in [2.24, 2.45) is 0 Å². The van der Waals surface area contributed by atoms with Crippen molar-refractivity contribution in [2.45, 2.75) is 6.43 Å². The van der Waals surface area contributed by atoms with Crippen molar-refractivity contribution in [3.8, 4) is 0 Å². The van der Waals surface area contributed by atoms with Gasteiger partial charge >= 0.3 is 18.9 Å². The van der Waals surface area contributed by atoms with E-state index in [9.17, 15) is 18.7 Å². The van der Waals surface area contributed by atoms with Crippen molar-refractivity contribution in [1.29, 1.82) is 0 Å². The Kier molecular flexibility index (Phi) is 3.93. The normalized spacial score (nSPS) is 9.58. The minimum absolute atomic E-state index is 0. The van der Waals surface area contributed by atoms with Crippen LogP contribution in [0.1, 0.15) is 22.7 Å². The molecule has 0 aromatic carbocycles. The zero-order chi connectivity index (χ0) is 8.43. The number of alkyl halides is 2. The summed E-state index contributed by atoms with van der Waals surface area (Å²) in [7, 11) is 0. The number of oxazole rings is 1. The van der Waals surface area contributed by atoms with Crippen molar-refractivity contribution < 1.29 is 42.0 Å². The van der Waals surface area contributed by atoms with Gasteiger partial charge in [-0.1, -0.05) is 0 Å². The number of carboxylic acids is 1. The van der Waals surface area contributed by atoms with Crippen molar-refractivity contribution >= 4 is 5.97 Å². The summed E-state index contributed by atoms with van der Waals surface area (Å²) in [4.78, 5) is 13.0. The first-order valence-electron chi connectivity index (χ1n) is 2.55. The second-order valence-corrected chi connectivity index (χ2v) is 1.65. The molecule has 1 aromatic heterocycles. The number of nitrogens with zero attached hydrogens (tertiary/aromatic N) is 1. The van der Waals surface area contributed by atoms with Crippen molar-refractivity contribution in [1.82, 2.24) is 4.98 Å². The van der Waals surface area contributed by atoms with E-state index in [1.54, 1.807) is 0 Å². The molecular formula is C5H2F2LiNO3. The molecule has 0 saturated heterocycles. The Morgan fingerprint density at radius 1 is 1.67 bits per heavy atom. The summed E-state index contributed by atoms with van der Waals surface area (Å²) in [6.07, 6.45) is -2.35. The third-order valence-electron chi connectivity index (χ3n) is 0.986. The van der Waals surface area contributed by atoms with Gasteiger partial charge in [0.1, 0.15) is 5.69 Å². The standard InChI is InChI=1S/C5H3F2NO3.Li/c6-4(7)3-2(5(9)10)8-1-11-3;/h1,4H,(H,9,10);/q;+1/p-1. The van der Waals surface area contributed by atoms with E-state index in [4.69, 9.17) is 0 Å². The molecule has 0 aliphatic heterocycles. The molecule has 0 saturated carbocycles. The number of rotatable bonds is 2. The average Bonchev–Trinajstić information content (AvgIpc) is 2.32. The minimum Gasteiger partial charge on any atom is -0.543 e. The Balaban J connectivity index is 0.00000121. The van der Waals surface area contributed by atoms with Gasteiger partial charge in [-0.15, -0.1) is 0 Å². The van der Waals surface area contributed by atoms with Crippen LogP contribution >= 0.6 is 0 Å². The summed E-state index contributed by atoms with van der Waals surface area (Å²) >= 11 is 0. The van der Waals surface area contributed by atoms with E-state index in [-0.39, 0.29) is 18.9 Å². The molecule has 0 aliphatic rings. The van der Waals surface area contributed by atoms with Crippen molar-refractivity contribution in [2.75, 3.05) is 0 Å². The van der Waals surface area contributed by atoms with Crippen LogP contribution in [0.25, 0.3) is 0 Å². The Hall–Kier alpha value is -0.863. The molecule has 0 amide bonds. The number of hydrogen-bond acceptors (Lipinski definition) is 4. The van der Waals surface area contributed by atoms with Gasteiger partial charge < -0.3 is 14.3 Å². The first-order valence-corrected chi connectivity index (χ1v) is 2.55. The molecule has 0 unspecified atom stereocenters. The first kappa shape index (κ1) is 11.1. The predicted octanol–water partition coefficient (Wildman–Crippen LogP) is -3.02. The van der Waals surface area contributed by atoms with E-state index < -0.39 is 23.8 Å². The number of aromatic nitrogens is 1. The monoisotopic (exact) mass is 169 g/mol. The molecule has 0 N–H and O–H groups in total. The third kappa shape index (κ3) is 2.06. The molecule has 1 heterocycles. The second-order valence-electron chi connectivity index (χ2n) is 1.65. The maximum atomic E-state index is 11.8. The first-order chi connectivity index (χ1) is 5.13. The fourth-order valence-corrected chi connectivity index (χ4v) is 0.563. The van der Waals surface area contributed by atoms with Gasteiger partial charge in [0, 0.05) is 0 Å². The average molecular weight is 169 g/mol. The van der Waals surface area contributed by atoms with E-state index in [1.165, 1.54) is 0 Å². The Labute approximate surface area is 77.8 Å². The topological polar surface area (TPSA) is 66.2 Å². The van der Waals surface area contributed by atoms with Gasteiger partial charge in [0.2, 0.25) is 0 Å². The van der Waals surface area contributed by atoms with Gasteiger partial charge in [0.05, 0.1) is 5.97 Å². The molecule has 12 heavy (non-hydrogen) atoms. The molecule has 4 nitrogen and oxygen atoms in total. The molecule has 0 fully saturated rings. The zero-order valence-electron chi connectivity index (χ0n) is 6.08. The van der Waals surface area contributed by atoms with Gasteiger partial charge in [0.15, 0.2) is 12.2 Å². The maximum absolute atomic E-state index is 11.8. The summed E-state index contributed by atoms with van der Waals surface area (Å²) in [6, 6.07) is 0. The van der Waals surface area contributed by atoms with E-state index >= 15 is 0 Å². The molecule has 0 radical (unpaired) electrons. The van der Waals surface area contributed by atoms with Crippen LogP contribution in [0.2, 0.25) is 0 Å². The van der Waals surface area contributed by atoms with Crippen LogP contribution in [0, 0.1) is 0 Å². The van der Waals surface area contributed by atoms with Gasteiger partial charge in [0.25, 0.3) is 6.43 Å². The summed E-state index contributed by atoms with van der Waals surface area (Å²) in [5, 5.41) is 10.0. The van der Waals surface area contributed by atoms with E-state index in [0.717, 1.165) is 0 Å². The fraction of sp³-hybridized carbons (Fsp3) is 0.200. The maximum Gasteiger partial charge on any atom is 1.00 e. The molecule has 0 aliphatic carbocycles. The smallest absolute Gasteiger partial charge is 0.543 e. The Morgan fingerprint density at radius 2 is 2.25 bits per heavy atom. The van der Waals surface area contributed by atoms with Crippen LogP contribution in [0.4, 0.5) is 8.78 Å². The van der Waals surface area contributed by atoms with E-state index in [1.807, 2.05) is 0 Å². The number of aromatic carboxylic acids is 1. The molecular weight excluding hydrogens is 167 g/mol.